The minimum absolute atomic E-state index is 0.0694. The first kappa shape index (κ1) is 4.30. The molecule has 0 fully saturated rings. The molecule has 0 aromatic heterocycles. The van der Waals surface area contributed by atoms with E-state index in [1.807, 2.05) is 0 Å². The zero-order valence-electron chi connectivity index (χ0n) is 4.09. The van der Waals surface area contributed by atoms with Gasteiger partial charge in [0.05, 0.1) is 6.34 Å². The van der Waals surface area contributed by atoms with Crippen molar-refractivity contribution in [2.75, 3.05) is 13.6 Å². The van der Waals surface area contributed by atoms with E-state index in [1.54, 1.807) is 7.05 Å². The maximum absolute atomic E-state index is 10.4. The van der Waals surface area contributed by atoms with Crippen molar-refractivity contribution in [3.8, 4) is 0 Å². The Kier molecular flexibility index (Phi) is 0.817. The zero-order chi connectivity index (χ0) is 5.28. The van der Waals surface area contributed by atoms with E-state index < -0.39 is 0 Å². The van der Waals surface area contributed by atoms with Gasteiger partial charge in [-0.1, -0.05) is 0 Å². The largest absolute Gasteiger partial charge is 0.305 e. The van der Waals surface area contributed by atoms with Crippen LogP contribution in [0, 0.1) is 0 Å². The Morgan fingerprint density at radius 2 is 2.71 bits per heavy atom. The Morgan fingerprint density at radius 3 is 2.86 bits per heavy atom. The maximum atomic E-state index is 10.4. The fourth-order valence-electron chi connectivity index (χ4n) is 0.417. The lowest BCUT2D eigenvalue weighted by atomic mass is 10.6. The van der Waals surface area contributed by atoms with Crippen molar-refractivity contribution in [1.82, 2.24) is 4.90 Å². The lowest BCUT2D eigenvalue weighted by Crippen LogP contribution is -2.20. The number of carbonyl (C=O) groups is 1. The molecule has 0 aliphatic carbocycles. The smallest absolute Gasteiger partial charge is 0.249 e. The molecule has 3 heteroatoms. The Hall–Kier alpha value is -0.860. The Bertz CT molecular complexity index is 119. The van der Waals surface area contributed by atoms with E-state index in [0.717, 1.165) is 0 Å². The van der Waals surface area contributed by atoms with Crippen LogP contribution in [0.2, 0.25) is 0 Å². The van der Waals surface area contributed by atoms with Crippen molar-refractivity contribution in [3.63, 3.8) is 0 Å². The van der Waals surface area contributed by atoms with Gasteiger partial charge in [0, 0.05) is 7.05 Å². The van der Waals surface area contributed by atoms with Crippen LogP contribution in [0.15, 0.2) is 4.99 Å². The molecule has 1 rings (SSSR count). The molecule has 0 saturated heterocycles. The Balaban J connectivity index is 2.62. The van der Waals surface area contributed by atoms with E-state index >= 15 is 0 Å². The summed E-state index contributed by atoms with van der Waals surface area (Å²) < 4.78 is 0. The van der Waals surface area contributed by atoms with Gasteiger partial charge in [-0.05, 0) is 0 Å². The topological polar surface area (TPSA) is 32.7 Å². The van der Waals surface area contributed by atoms with Crippen molar-refractivity contribution in [2.24, 2.45) is 4.99 Å². The lowest BCUT2D eigenvalue weighted by Gasteiger charge is -1.98. The summed E-state index contributed by atoms with van der Waals surface area (Å²) in [5.74, 6) is 0.0694. The second kappa shape index (κ2) is 1.33. The third-order valence-electron chi connectivity index (χ3n) is 0.875. The van der Waals surface area contributed by atoms with Crippen LogP contribution in [-0.2, 0) is 4.79 Å². The first-order valence-corrected chi connectivity index (χ1v) is 2.06. The number of nitrogens with zero attached hydrogens (tertiary/aromatic N) is 2. The average molecular weight is 98.1 g/mol. The van der Waals surface area contributed by atoms with Crippen LogP contribution in [0.25, 0.3) is 0 Å². The minimum atomic E-state index is 0.0694. The van der Waals surface area contributed by atoms with E-state index in [2.05, 4.69) is 4.99 Å². The molecule has 0 bridgehead atoms. The predicted molar refractivity (Wildman–Crippen MR) is 26.1 cm³/mol. The molecule has 0 unspecified atom stereocenters. The monoisotopic (exact) mass is 98.0 g/mol. The molecule has 0 spiro atoms. The number of hydrogen-bond acceptors (Lipinski definition) is 2. The van der Waals surface area contributed by atoms with Crippen LogP contribution in [0.5, 0.6) is 0 Å². The highest BCUT2D eigenvalue weighted by Crippen LogP contribution is 1.88. The molecule has 3 nitrogen and oxygen atoms in total. The van der Waals surface area contributed by atoms with Crippen molar-refractivity contribution in [2.45, 2.75) is 0 Å². The van der Waals surface area contributed by atoms with Gasteiger partial charge >= 0.3 is 0 Å². The van der Waals surface area contributed by atoms with Gasteiger partial charge in [0.25, 0.3) is 0 Å². The minimum Gasteiger partial charge on any atom is -0.305 e. The van der Waals surface area contributed by atoms with Gasteiger partial charge in [0.15, 0.2) is 0 Å². The van der Waals surface area contributed by atoms with Crippen LogP contribution in [-0.4, -0.2) is 30.7 Å². The average Bonchev–Trinajstić information content (AvgIpc) is 1.91. The highest BCUT2D eigenvalue weighted by atomic mass is 16.2. The number of carbonyl (C=O) groups excluding carboxylic acids is 1. The molecule has 1 heterocycles. The van der Waals surface area contributed by atoms with Crippen molar-refractivity contribution < 1.29 is 4.79 Å². The fraction of sp³-hybridized carbons (Fsp3) is 0.500. The van der Waals surface area contributed by atoms with E-state index in [0.29, 0.717) is 6.54 Å². The van der Waals surface area contributed by atoms with Crippen molar-refractivity contribution in [1.29, 1.82) is 0 Å². The summed E-state index contributed by atoms with van der Waals surface area (Å²) in [5, 5.41) is 0. The second-order valence-electron chi connectivity index (χ2n) is 1.46. The normalized spacial score (nSPS) is 19.0. The lowest BCUT2D eigenvalue weighted by molar-refractivity contribution is -0.123. The Labute approximate surface area is 41.6 Å². The van der Waals surface area contributed by atoms with Gasteiger partial charge in [-0.25, -0.2) is 0 Å². The van der Waals surface area contributed by atoms with Crippen LogP contribution in [0.1, 0.15) is 0 Å². The van der Waals surface area contributed by atoms with Gasteiger partial charge in [-0.3, -0.25) is 9.79 Å². The summed E-state index contributed by atoms with van der Waals surface area (Å²) in [7, 11) is 1.69. The summed E-state index contributed by atoms with van der Waals surface area (Å²) in [6.45, 7) is 0.330. The summed E-state index contributed by atoms with van der Waals surface area (Å²) in [6, 6.07) is 0. The molecule has 1 amide bonds. The second-order valence-corrected chi connectivity index (χ2v) is 1.46. The summed E-state index contributed by atoms with van der Waals surface area (Å²) in [6.07, 6.45) is 1.53. The molecule has 0 atom stereocenters. The van der Waals surface area contributed by atoms with Gasteiger partial charge < -0.3 is 4.90 Å². The maximum Gasteiger partial charge on any atom is 0.249 e. The summed E-state index contributed by atoms with van der Waals surface area (Å²) in [4.78, 5) is 15.5. The van der Waals surface area contributed by atoms with E-state index in [-0.39, 0.29) is 5.91 Å². The van der Waals surface area contributed by atoms with E-state index in [9.17, 15) is 4.79 Å². The van der Waals surface area contributed by atoms with Crippen molar-refractivity contribution in [3.05, 3.63) is 0 Å². The highest BCUT2D eigenvalue weighted by Gasteiger charge is 2.08. The molecule has 0 aromatic rings. The molecule has 0 N–H and O–H groups in total. The van der Waals surface area contributed by atoms with Gasteiger partial charge in [-0.15, -0.1) is 0 Å². The van der Waals surface area contributed by atoms with Gasteiger partial charge in [0.1, 0.15) is 6.54 Å². The molecular weight excluding hydrogens is 92.1 g/mol. The number of hydrogen-bond donors (Lipinski definition) is 0. The predicted octanol–water partition coefficient (Wildman–Crippen LogP) is -0.513. The molecule has 0 radical (unpaired) electrons. The molecule has 0 aromatic carbocycles. The fourth-order valence-corrected chi connectivity index (χ4v) is 0.417. The zero-order valence-corrected chi connectivity index (χ0v) is 4.09. The van der Waals surface area contributed by atoms with Crippen LogP contribution >= 0.6 is 0 Å². The SMILES string of the molecule is CN1C=NCC1=O. The molecular formula is C4H6N2O. The number of likely N-dealkylation sites (N-methyl/N-ethyl adjacent to an activating group) is 1. The number of rotatable bonds is 0. The van der Waals surface area contributed by atoms with E-state index in [4.69, 9.17) is 0 Å². The third-order valence-corrected chi connectivity index (χ3v) is 0.875. The van der Waals surface area contributed by atoms with Crippen molar-refractivity contribution >= 4 is 12.2 Å². The van der Waals surface area contributed by atoms with Gasteiger partial charge in [0.2, 0.25) is 5.91 Å². The molecule has 38 valence electrons. The first-order valence-electron chi connectivity index (χ1n) is 2.06. The van der Waals surface area contributed by atoms with Crippen LogP contribution < -0.4 is 0 Å². The standard InChI is InChI=1S/C4H6N2O/c1-6-3-5-2-4(6)7/h3H,2H2,1H3. The molecule has 1 aliphatic rings. The summed E-state index contributed by atoms with van der Waals surface area (Å²) in [5.41, 5.74) is 0. The van der Waals surface area contributed by atoms with E-state index in [1.165, 1.54) is 11.2 Å². The third kappa shape index (κ3) is 0.607. The number of amides is 1. The van der Waals surface area contributed by atoms with Crippen LogP contribution in [0.3, 0.4) is 0 Å². The van der Waals surface area contributed by atoms with Gasteiger partial charge in [-0.2, -0.15) is 0 Å². The number of aliphatic imine (C=N–C) groups is 1. The highest BCUT2D eigenvalue weighted by molar-refractivity contribution is 5.93. The Morgan fingerprint density at radius 1 is 2.00 bits per heavy atom. The van der Waals surface area contributed by atoms with Crippen LogP contribution in [0.4, 0.5) is 0 Å². The molecule has 7 heavy (non-hydrogen) atoms. The molecule has 0 saturated carbocycles. The first-order chi connectivity index (χ1) is 3.30. The summed E-state index contributed by atoms with van der Waals surface area (Å²) >= 11 is 0. The quantitative estimate of drug-likeness (QED) is 0.401. The molecule has 1 aliphatic heterocycles.